The number of para-hydroxylation sites is 2. The maximum atomic E-state index is 12.9. The number of nitrogens with zero attached hydrogens (tertiary/aromatic N) is 2. The average Bonchev–Trinajstić information content (AvgIpc) is 2.79. The van der Waals surface area contributed by atoms with Crippen LogP contribution in [0.5, 0.6) is 0 Å². The van der Waals surface area contributed by atoms with E-state index in [1.807, 2.05) is 62.5 Å². The standard InChI is InChI=1S/C26H29N3O2/c1-5-29(6-2)19-15-16-22(18(3)17-19)27-26(30)31-25-20-11-7-9-13-23(20)28(4)24-14-10-8-12-21(24)25/h7-17,25H,5-6H2,1-4H3,(H,27,30). The molecular formula is C26H29N3O2. The van der Waals surface area contributed by atoms with E-state index < -0.39 is 12.2 Å². The number of nitrogens with one attached hydrogen (secondary N) is 1. The highest BCUT2D eigenvalue weighted by atomic mass is 16.6. The van der Waals surface area contributed by atoms with E-state index in [0.29, 0.717) is 0 Å². The summed E-state index contributed by atoms with van der Waals surface area (Å²) < 4.78 is 5.98. The van der Waals surface area contributed by atoms with Crippen molar-refractivity contribution in [3.63, 3.8) is 0 Å². The van der Waals surface area contributed by atoms with Crippen LogP contribution in [-0.2, 0) is 4.74 Å². The molecule has 3 aromatic carbocycles. The number of carbonyl (C=O) groups excluding carboxylic acids is 1. The topological polar surface area (TPSA) is 44.8 Å². The Balaban J connectivity index is 1.58. The molecule has 5 nitrogen and oxygen atoms in total. The maximum Gasteiger partial charge on any atom is 0.412 e. The summed E-state index contributed by atoms with van der Waals surface area (Å²) in [7, 11) is 2.04. The lowest BCUT2D eigenvalue weighted by atomic mass is 9.93. The summed E-state index contributed by atoms with van der Waals surface area (Å²) in [5.41, 5.74) is 6.96. The Bertz CT molecular complexity index is 1040. The summed E-state index contributed by atoms with van der Waals surface area (Å²) in [4.78, 5) is 17.3. The molecule has 31 heavy (non-hydrogen) atoms. The normalized spacial score (nSPS) is 12.7. The molecule has 1 aliphatic heterocycles. The van der Waals surface area contributed by atoms with Crippen LogP contribution in [0.3, 0.4) is 0 Å². The largest absolute Gasteiger partial charge is 0.436 e. The first-order valence-corrected chi connectivity index (χ1v) is 10.8. The smallest absolute Gasteiger partial charge is 0.412 e. The fraction of sp³-hybridized carbons (Fsp3) is 0.269. The molecular weight excluding hydrogens is 386 g/mol. The van der Waals surface area contributed by atoms with Gasteiger partial charge in [-0.1, -0.05) is 36.4 Å². The van der Waals surface area contributed by atoms with Gasteiger partial charge in [0.1, 0.15) is 0 Å². The van der Waals surface area contributed by atoms with E-state index in [1.165, 1.54) is 0 Å². The first kappa shape index (κ1) is 20.8. The summed E-state index contributed by atoms with van der Waals surface area (Å²) in [6, 6.07) is 22.2. The van der Waals surface area contributed by atoms with Gasteiger partial charge in [0, 0.05) is 54.0 Å². The van der Waals surface area contributed by atoms with Gasteiger partial charge in [0.25, 0.3) is 0 Å². The van der Waals surface area contributed by atoms with Crippen LogP contribution >= 0.6 is 0 Å². The number of hydrogen-bond acceptors (Lipinski definition) is 4. The summed E-state index contributed by atoms with van der Waals surface area (Å²) >= 11 is 0. The third-order valence-corrected chi connectivity index (χ3v) is 5.96. The van der Waals surface area contributed by atoms with Gasteiger partial charge in [-0.2, -0.15) is 0 Å². The fourth-order valence-electron chi connectivity index (χ4n) is 4.27. The number of carbonyl (C=O) groups is 1. The Hall–Kier alpha value is -3.47. The van der Waals surface area contributed by atoms with Crippen molar-refractivity contribution in [2.45, 2.75) is 26.9 Å². The van der Waals surface area contributed by atoms with Gasteiger partial charge in [0.05, 0.1) is 0 Å². The molecule has 0 spiro atoms. The van der Waals surface area contributed by atoms with Gasteiger partial charge in [-0.3, -0.25) is 5.32 Å². The fourth-order valence-corrected chi connectivity index (χ4v) is 4.27. The number of fused-ring (bicyclic) bond motifs is 2. The Morgan fingerprint density at radius 2 is 1.55 bits per heavy atom. The van der Waals surface area contributed by atoms with Gasteiger partial charge in [-0.05, 0) is 56.7 Å². The molecule has 0 aliphatic carbocycles. The van der Waals surface area contributed by atoms with Crippen molar-refractivity contribution in [1.29, 1.82) is 0 Å². The number of amides is 1. The zero-order valence-electron chi connectivity index (χ0n) is 18.6. The van der Waals surface area contributed by atoms with Crippen LogP contribution in [0.1, 0.15) is 36.6 Å². The third-order valence-electron chi connectivity index (χ3n) is 5.96. The molecule has 0 saturated carbocycles. The van der Waals surface area contributed by atoms with Crippen molar-refractivity contribution in [3.8, 4) is 0 Å². The van der Waals surface area contributed by atoms with Crippen molar-refractivity contribution in [1.82, 2.24) is 0 Å². The van der Waals surface area contributed by atoms with E-state index in [1.54, 1.807) is 0 Å². The number of hydrogen-bond donors (Lipinski definition) is 1. The second-order valence-electron chi connectivity index (χ2n) is 7.76. The number of anilines is 4. The zero-order valence-corrected chi connectivity index (χ0v) is 18.6. The van der Waals surface area contributed by atoms with E-state index in [9.17, 15) is 4.79 Å². The predicted octanol–water partition coefficient (Wildman–Crippen LogP) is 6.26. The van der Waals surface area contributed by atoms with E-state index in [-0.39, 0.29) is 0 Å². The van der Waals surface area contributed by atoms with E-state index in [2.05, 4.69) is 47.2 Å². The van der Waals surface area contributed by atoms with Crippen LogP contribution in [0.25, 0.3) is 0 Å². The predicted molar refractivity (Wildman–Crippen MR) is 128 cm³/mol. The molecule has 0 fully saturated rings. The SMILES string of the molecule is CCN(CC)c1ccc(NC(=O)OC2c3ccccc3N(C)c3ccccc32)c(C)c1. The highest BCUT2D eigenvalue weighted by Crippen LogP contribution is 2.45. The summed E-state index contributed by atoms with van der Waals surface area (Å²) in [5, 5.41) is 2.94. The Morgan fingerprint density at radius 1 is 0.968 bits per heavy atom. The van der Waals surface area contributed by atoms with Crippen molar-refractivity contribution in [2.24, 2.45) is 0 Å². The lowest BCUT2D eigenvalue weighted by Crippen LogP contribution is -2.26. The molecule has 0 atom stereocenters. The van der Waals surface area contributed by atoms with Crippen molar-refractivity contribution >= 4 is 28.8 Å². The van der Waals surface area contributed by atoms with Gasteiger partial charge < -0.3 is 14.5 Å². The number of benzene rings is 3. The second kappa shape index (κ2) is 8.72. The molecule has 1 aliphatic rings. The van der Waals surface area contributed by atoms with Gasteiger partial charge >= 0.3 is 6.09 Å². The molecule has 0 radical (unpaired) electrons. The average molecular weight is 416 g/mol. The second-order valence-corrected chi connectivity index (χ2v) is 7.76. The number of rotatable bonds is 5. The minimum Gasteiger partial charge on any atom is -0.436 e. The van der Waals surface area contributed by atoms with Crippen molar-refractivity contribution < 1.29 is 9.53 Å². The van der Waals surface area contributed by atoms with Gasteiger partial charge in [0.2, 0.25) is 0 Å². The molecule has 0 saturated heterocycles. The van der Waals surface area contributed by atoms with Gasteiger partial charge in [-0.25, -0.2) is 4.79 Å². The van der Waals surface area contributed by atoms with Crippen LogP contribution < -0.4 is 15.1 Å². The van der Waals surface area contributed by atoms with Crippen LogP contribution in [-0.4, -0.2) is 26.2 Å². The Morgan fingerprint density at radius 3 is 2.10 bits per heavy atom. The molecule has 0 bridgehead atoms. The summed E-state index contributed by atoms with van der Waals surface area (Å²) in [5.74, 6) is 0. The highest BCUT2D eigenvalue weighted by Gasteiger charge is 2.31. The molecule has 3 aromatic rings. The third kappa shape index (κ3) is 3.96. The molecule has 1 amide bonds. The van der Waals surface area contributed by atoms with Gasteiger partial charge in [-0.15, -0.1) is 0 Å². The first-order chi connectivity index (χ1) is 15.0. The maximum absolute atomic E-state index is 12.9. The molecule has 0 aromatic heterocycles. The number of aryl methyl sites for hydroxylation is 1. The van der Waals surface area contributed by atoms with Crippen molar-refractivity contribution in [2.75, 3.05) is 35.3 Å². The lowest BCUT2D eigenvalue weighted by molar-refractivity contribution is 0.130. The molecule has 0 unspecified atom stereocenters. The van der Waals surface area contributed by atoms with E-state index >= 15 is 0 Å². The molecule has 1 heterocycles. The van der Waals surface area contributed by atoms with Crippen LogP contribution in [0, 0.1) is 6.92 Å². The summed E-state index contributed by atoms with van der Waals surface area (Å²) in [6.45, 7) is 8.17. The van der Waals surface area contributed by atoms with Crippen molar-refractivity contribution in [3.05, 3.63) is 83.4 Å². The van der Waals surface area contributed by atoms with E-state index in [0.717, 1.165) is 52.5 Å². The number of ether oxygens (including phenoxy) is 1. The quantitative estimate of drug-likeness (QED) is 0.534. The zero-order chi connectivity index (χ0) is 22.0. The van der Waals surface area contributed by atoms with Crippen LogP contribution in [0.4, 0.5) is 27.5 Å². The molecule has 4 rings (SSSR count). The Labute approximate surface area is 184 Å². The first-order valence-electron chi connectivity index (χ1n) is 10.8. The monoisotopic (exact) mass is 415 g/mol. The summed E-state index contributed by atoms with van der Waals surface area (Å²) in [6.07, 6.45) is -0.920. The molecule has 1 N–H and O–H groups in total. The van der Waals surface area contributed by atoms with Crippen LogP contribution in [0.15, 0.2) is 66.7 Å². The minimum absolute atomic E-state index is 0.459. The molecule has 160 valence electrons. The van der Waals surface area contributed by atoms with Gasteiger partial charge in [0.15, 0.2) is 6.10 Å². The lowest BCUT2D eigenvalue weighted by Gasteiger charge is -2.34. The van der Waals surface area contributed by atoms with Crippen LogP contribution in [0.2, 0.25) is 0 Å². The molecule has 5 heteroatoms. The van der Waals surface area contributed by atoms with E-state index in [4.69, 9.17) is 4.74 Å². The highest BCUT2D eigenvalue weighted by molar-refractivity contribution is 5.87. The Kier molecular flexibility index (Phi) is 5.85. The minimum atomic E-state index is -0.460.